The molecule has 0 aliphatic heterocycles. The number of aryl methyl sites for hydroxylation is 1. The minimum Gasteiger partial charge on any atom is -0.389 e. The van der Waals surface area contributed by atoms with E-state index >= 15 is 0 Å². The van der Waals surface area contributed by atoms with Crippen LogP contribution in [0, 0.1) is 11.2 Å². The molecule has 0 aliphatic carbocycles. The Morgan fingerprint density at radius 2 is 2.30 bits per heavy atom. The predicted molar refractivity (Wildman–Crippen MR) is 85.1 cm³/mol. The smallest absolute Gasteiger partial charge is 0.156 e. The van der Waals surface area contributed by atoms with Crippen molar-refractivity contribution in [2.75, 3.05) is 0 Å². The number of aliphatic hydroxyl groups excluding tert-OH is 1. The second kappa shape index (κ2) is 7.64. The summed E-state index contributed by atoms with van der Waals surface area (Å²) in [5.74, 6) is 0.535. The zero-order valence-corrected chi connectivity index (χ0v) is 13.0. The van der Waals surface area contributed by atoms with Crippen molar-refractivity contribution in [2.45, 2.75) is 32.9 Å². The van der Waals surface area contributed by atoms with Crippen molar-refractivity contribution in [3.8, 4) is 0 Å². The molecule has 0 aliphatic rings. The van der Waals surface area contributed by atoms with E-state index in [1.807, 2.05) is 13.0 Å². The first kappa shape index (κ1) is 16.8. The van der Waals surface area contributed by atoms with Gasteiger partial charge in [-0.3, -0.25) is 5.41 Å². The first-order valence-corrected chi connectivity index (χ1v) is 7.28. The molecule has 23 heavy (non-hydrogen) atoms. The van der Waals surface area contributed by atoms with Gasteiger partial charge in [-0.2, -0.15) is 0 Å². The first-order valence-electron chi connectivity index (χ1n) is 7.28. The van der Waals surface area contributed by atoms with Gasteiger partial charge in [0.05, 0.1) is 18.3 Å². The normalized spacial score (nSPS) is 13.0. The Morgan fingerprint density at radius 1 is 1.52 bits per heavy atom. The number of aliphatic imine (C=N–C) groups is 1. The number of hydrogen-bond donors (Lipinski definition) is 3. The number of aliphatic hydroxyl groups is 1. The maximum absolute atomic E-state index is 13.4. The summed E-state index contributed by atoms with van der Waals surface area (Å²) in [5, 5.41) is 24.0. The third-order valence-corrected chi connectivity index (χ3v) is 3.31. The maximum atomic E-state index is 13.4. The molecule has 2 aromatic rings. The Kier molecular flexibility index (Phi) is 5.59. The summed E-state index contributed by atoms with van der Waals surface area (Å²) >= 11 is 0. The highest BCUT2D eigenvalue weighted by atomic mass is 19.1. The number of hydrogen-bond acceptors (Lipinski definition) is 4. The molecule has 1 unspecified atom stereocenters. The van der Waals surface area contributed by atoms with Gasteiger partial charge in [0.15, 0.2) is 5.76 Å². The van der Waals surface area contributed by atoms with E-state index < -0.39 is 11.9 Å². The van der Waals surface area contributed by atoms with E-state index in [9.17, 15) is 9.50 Å². The van der Waals surface area contributed by atoms with Crippen LogP contribution >= 0.6 is 0 Å². The van der Waals surface area contributed by atoms with Gasteiger partial charge in [-0.1, -0.05) is 12.1 Å². The average Bonchev–Trinajstić information content (AvgIpc) is 2.99. The van der Waals surface area contributed by atoms with E-state index in [2.05, 4.69) is 15.5 Å². The van der Waals surface area contributed by atoms with Gasteiger partial charge in [0.25, 0.3) is 0 Å². The zero-order valence-electron chi connectivity index (χ0n) is 13.0. The third-order valence-electron chi connectivity index (χ3n) is 3.31. The number of amidine groups is 1. The van der Waals surface area contributed by atoms with Crippen LogP contribution in [0.5, 0.6) is 0 Å². The van der Waals surface area contributed by atoms with Gasteiger partial charge in [-0.25, -0.2) is 9.38 Å². The molecule has 0 bridgehead atoms. The van der Waals surface area contributed by atoms with Crippen LogP contribution in [0.1, 0.15) is 42.5 Å². The number of nitrogens with zero attached hydrogens (tertiary/aromatic N) is 2. The van der Waals surface area contributed by atoms with Crippen LogP contribution in [0.15, 0.2) is 33.8 Å². The van der Waals surface area contributed by atoms with Gasteiger partial charge < -0.3 is 14.9 Å². The van der Waals surface area contributed by atoms with Crippen LogP contribution in [0.2, 0.25) is 0 Å². The van der Waals surface area contributed by atoms with Crippen LogP contribution in [0.4, 0.5) is 4.39 Å². The van der Waals surface area contributed by atoms with Gasteiger partial charge in [0, 0.05) is 11.6 Å². The lowest BCUT2D eigenvalue weighted by Crippen LogP contribution is -2.25. The molecule has 0 amide bonds. The first-order chi connectivity index (χ1) is 11.0. The van der Waals surface area contributed by atoms with E-state index in [4.69, 9.17) is 9.93 Å². The molecule has 1 atom stereocenters. The van der Waals surface area contributed by atoms with Crippen LogP contribution in [-0.4, -0.2) is 22.4 Å². The fourth-order valence-corrected chi connectivity index (χ4v) is 2.15. The fraction of sp³-hybridized carbons (Fsp3) is 0.312. The lowest BCUT2D eigenvalue weighted by Gasteiger charge is -2.14. The number of rotatable bonds is 6. The molecule has 0 saturated carbocycles. The Balaban J connectivity index is 2.25. The predicted octanol–water partition coefficient (Wildman–Crippen LogP) is 2.57. The van der Waals surface area contributed by atoms with Crippen LogP contribution in [0.25, 0.3) is 0 Å². The minimum absolute atomic E-state index is 0.316. The minimum atomic E-state index is -0.865. The summed E-state index contributed by atoms with van der Waals surface area (Å²) in [5.41, 5.74) is 1.77. The van der Waals surface area contributed by atoms with E-state index in [1.54, 1.807) is 6.92 Å². The second-order valence-electron chi connectivity index (χ2n) is 5.01. The monoisotopic (exact) mass is 318 g/mol. The molecule has 0 fully saturated rings. The van der Waals surface area contributed by atoms with E-state index in [0.717, 1.165) is 18.5 Å². The number of nitrogens with one attached hydrogen (secondary N) is 2. The lowest BCUT2D eigenvalue weighted by molar-refractivity contribution is 0.198. The fourth-order valence-electron chi connectivity index (χ4n) is 2.15. The average molecular weight is 318 g/mol. The molecule has 3 N–H and O–H groups in total. The van der Waals surface area contributed by atoms with Crippen LogP contribution < -0.4 is 5.32 Å². The summed E-state index contributed by atoms with van der Waals surface area (Å²) in [6.45, 7) is 3.84. The topological polar surface area (TPSA) is 94.5 Å². The molecule has 0 radical (unpaired) electrons. The largest absolute Gasteiger partial charge is 0.389 e. The van der Waals surface area contributed by atoms with Crippen LogP contribution in [0.3, 0.4) is 0 Å². The number of halogens is 1. The van der Waals surface area contributed by atoms with Gasteiger partial charge in [0.1, 0.15) is 18.0 Å². The van der Waals surface area contributed by atoms with E-state index in [1.165, 1.54) is 18.2 Å². The Bertz CT molecular complexity index is 710. The quantitative estimate of drug-likeness (QED) is 0.563. The molecular formula is C16H19FN4O2. The van der Waals surface area contributed by atoms with Crippen molar-refractivity contribution in [3.63, 3.8) is 0 Å². The molecule has 7 heteroatoms. The van der Waals surface area contributed by atoms with Gasteiger partial charge in [0.2, 0.25) is 0 Å². The van der Waals surface area contributed by atoms with Crippen molar-refractivity contribution >= 4 is 12.2 Å². The van der Waals surface area contributed by atoms with Gasteiger partial charge in [-0.15, -0.1) is 0 Å². The highest BCUT2D eigenvalue weighted by Crippen LogP contribution is 2.19. The van der Waals surface area contributed by atoms with E-state index in [0.29, 0.717) is 29.3 Å². The molecule has 1 aromatic heterocycles. The Hall–Kier alpha value is -2.54. The summed E-state index contributed by atoms with van der Waals surface area (Å²) in [6.07, 6.45) is 0.792. The molecular weight excluding hydrogens is 299 g/mol. The Morgan fingerprint density at radius 3 is 2.91 bits per heavy atom. The summed E-state index contributed by atoms with van der Waals surface area (Å²) in [6, 6.07) is 5.89. The van der Waals surface area contributed by atoms with Crippen molar-refractivity contribution in [3.05, 3.63) is 52.7 Å². The summed E-state index contributed by atoms with van der Waals surface area (Å²) < 4.78 is 18.6. The maximum Gasteiger partial charge on any atom is 0.156 e. The molecule has 122 valence electrons. The highest BCUT2D eigenvalue weighted by Gasteiger charge is 2.15. The molecule has 2 rings (SSSR count). The summed E-state index contributed by atoms with van der Waals surface area (Å²) in [4.78, 5) is 3.96. The zero-order chi connectivity index (χ0) is 16.8. The Labute approximate surface area is 133 Å². The molecule has 1 aromatic carbocycles. The molecule has 0 spiro atoms. The second-order valence-corrected chi connectivity index (χ2v) is 5.01. The highest BCUT2D eigenvalue weighted by molar-refractivity contribution is 6.03. The number of benzene rings is 1. The standard InChI is InChI=1S/C16H19FN4O2/c1-3-12-7-13(23-21-12)8-19-16(20-9-18)14-5-4-11(17)6-15(14)10(2)22/h4-7,9-10,22H,3,8H2,1-2H3,(H2,18,19,20). The SMILES string of the molecule is CCc1cc(CN/C(=N\C=N)c2ccc(F)cc2C(C)O)on1. The molecule has 0 saturated heterocycles. The molecule has 1 heterocycles. The van der Waals surface area contributed by atoms with Gasteiger partial charge in [-0.05, 0) is 37.1 Å². The van der Waals surface area contributed by atoms with Crippen molar-refractivity contribution in [1.29, 1.82) is 5.41 Å². The number of aromatic nitrogens is 1. The lowest BCUT2D eigenvalue weighted by atomic mass is 10.0. The van der Waals surface area contributed by atoms with Crippen molar-refractivity contribution < 1.29 is 14.0 Å². The third kappa shape index (κ3) is 4.23. The van der Waals surface area contributed by atoms with Crippen LogP contribution in [-0.2, 0) is 13.0 Å². The molecule has 6 nitrogen and oxygen atoms in total. The van der Waals surface area contributed by atoms with Crippen molar-refractivity contribution in [2.24, 2.45) is 4.99 Å². The van der Waals surface area contributed by atoms with E-state index in [-0.39, 0.29) is 0 Å². The summed E-state index contributed by atoms with van der Waals surface area (Å²) in [7, 11) is 0. The van der Waals surface area contributed by atoms with Gasteiger partial charge >= 0.3 is 0 Å². The van der Waals surface area contributed by atoms with Crippen molar-refractivity contribution in [1.82, 2.24) is 10.5 Å².